The fourth-order valence-electron chi connectivity index (χ4n) is 3.35. The van der Waals surface area contributed by atoms with Crippen molar-refractivity contribution in [1.29, 1.82) is 0 Å². The van der Waals surface area contributed by atoms with Gasteiger partial charge in [-0.1, -0.05) is 11.6 Å². The summed E-state index contributed by atoms with van der Waals surface area (Å²) in [6.07, 6.45) is 2.25. The SMILES string of the molecule is COC(=O)c1ccc2[nH]c3c(c2c1)CN(C(=O)c1ccnc(Cl)c1)CC3. The fraction of sp³-hybridized carbons (Fsp3) is 0.211. The van der Waals surface area contributed by atoms with E-state index in [1.54, 1.807) is 23.1 Å². The van der Waals surface area contributed by atoms with E-state index < -0.39 is 0 Å². The minimum Gasteiger partial charge on any atom is -0.465 e. The predicted octanol–water partition coefficient (Wildman–Crippen LogP) is 3.20. The van der Waals surface area contributed by atoms with Crippen LogP contribution < -0.4 is 0 Å². The van der Waals surface area contributed by atoms with E-state index in [1.165, 1.54) is 13.3 Å². The molecule has 0 radical (unpaired) electrons. The van der Waals surface area contributed by atoms with Gasteiger partial charge in [0, 0.05) is 53.4 Å². The van der Waals surface area contributed by atoms with Crippen molar-refractivity contribution < 1.29 is 14.3 Å². The standard InChI is InChI=1S/C19H16ClN3O3/c1-26-19(25)12-2-3-15-13(8-12)14-10-23(7-5-16(14)22-15)18(24)11-4-6-21-17(20)9-11/h2-4,6,8-9,22H,5,7,10H2,1H3. The van der Waals surface area contributed by atoms with Gasteiger partial charge >= 0.3 is 5.97 Å². The first-order chi connectivity index (χ1) is 12.6. The molecule has 7 heteroatoms. The molecule has 0 saturated heterocycles. The number of amides is 1. The zero-order valence-electron chi connectivity index (χ0n) is 14.1. The molecule has 0 aliphatic carbocycles. The summed E-state index contributed by atoms with van der Waals surface area (Å²) in [5, 5.41) is 1.23. The lowest BCUT2D eigenvalue weighted by Gasteiger charge is -2.27. The third-order valence-electron chi connectivity index (χ3n) is 4.66. The van der Waals surface area contributed by atoms with Crippen LogP contribution in [0.2, 0.25) is 5.15 Å². The Hall–Kier alpha value is -2.86. The molecule has 1 N–H and O–H groups in total. The van der Waals surface area contributed by atoms with Crippen molar-refractivity contribution in [2.45, 2.75) is 13.0 Å². The van der Waals surface area contributed by atoms with Crippen LogP contribution in [0.4, 0.5) is 0 Å². The van der Waals surface area contributed by atoms with Crippen LogP contribution in [0.3, 0.4) is 0 Å². The Kier molecular flexibility index (Phi) is 4.12. The van der Waals surface area contributed by atoms with Crippen molar-refractivity contribution in [3.63, 3.8) is 0 Å². The Balaban J connectivity index is 1.69. The van der Waals surface area contributed by atoms with Crippen molar-refractivity contribution in [3.05, 3.63) is 64.1 Å². The van der Waals surface area contributed by atoms with E-state index in [4.69, 9.17) is 16.3 Å². The zero-order valence-corrected chi connectivity index (χ0v) is 14.8. The molecule has 26 heavy (non-hydrogen) atoms. The maximum Gasteiger partial charge on any atom is 0.337 e. The number of nitrogens with zero attached hydrogens (tertiary/aromatic N) is 2. The highest BCUT2D eigenvalue weighted by atomic mass is 35.5. The lowest BCUT2D eigenvalue weighted by atomic mass is 10.0. The van der Waals surface area contributed by atoms with Crippen LogP contribution in [0.1, 0.15) is 32.0 Å². The molecule has 1 aliphatic rings. The summed E-state index contributed by atoms with van der Waals surface area (Å²) < 4.78 is 4.80. The van der Waals surface area contributed by atoms with Gasteiger partial charge in [0.15, 0.2) is 0 Å². The summed E-state index contributed by atoms with van der Waals surface area (Å²) >= 11 is 5.90. The average molecular weight is 370 g/mol. The molecule has 0 fully saturated rings. The second kappa shape index (κ2) is 6.46. The molecule has 3 heterocycles. The van der Waals surface area contributed by atoms with Crippen LogP contribution in [-0.2, 0) is 17.7 Å². The van der Waals surface area contributed by atoms with E-state index in [-0.39, 0.29) is 11.9 Å². The number of aromatic amines is 1. The number of halogens is 1. The molecule has 0 atom stereocenters. The molecule has 1 aromatic carbocycles. The van der Waals surface area contributed by atoms with E-state index in [0.717, 1.165) is 28.6 Å². The highest BCUT2D eigenvalue weighted by Gasteiger charge is 2.25. The Bertz CT molecular complexity index is 1030. The highest BCUT2D eigenvalue weighted by Crippen LogP contribution is 2.29. The molecule has 0 unspecified atom stereocenters. The molecular weight excluding hydrogens is 354 g/mol. The number of pyridine rings is 1. The summed E-state index contributed by atoms with van der Waals surface area (Å²) in [5.41, 5.74) is 4.09. The van der Waals surface area contributed by atoms with Crippen LogP contribution in [0.25, 0.3) is 10.9 Å². The molecule has 3 aromatic rings. The van der Waals surface area contributed by atoms with E-state index in [1.807, 2.05) is 12.1 Å². The molecule has 0 saturated carbocycles. The number of hydrogen-bond donors (Lipinski definition) is 1. The third-order valence-corrected chi connectivity index (χ3v) is 4.86. The average Bonchev–Trinajstić information content (AvgIpc) is 3.03. The number of carbonyl (C=O) groups excluding carboxylic acids is 2. The first-order valence-corrected chi connectivity index (χ1v) is 8.57. The van der Waals surface area contributed by atoms with Crippen molar-refractivity contribution in [1.82, 2.24) is 14.9 Å². The zero-order chi connectivity index (χ0) is 18.3. The lowest BCUT2D eigenvalue weighted by molar-refractivity contribution is 0.0600. The Morgan fingerprint density at radius 2 is 2.08 bits per heavy atom. The second-order valence-corrected chi connectivity index (χ2v) is 6.57. The van der Waals surface area contributed by atoms with Gasteiger partial charge in [-0.05, 0) is 30.3 Å². The Labute approximate surface area is 154 Å². The number of fused-ring (bicyclic) bond motifs is 3. The number of methoxy groups -OCH3 is 1. The van der Waals surface area contributed by atoms with Gasteiger partial charge in [0.05, 0.1) is 12.7 Å². The molecule has 0 spiro atoms. The van der Waals surface area contributed by atoms with E-state index in [0.29, 0.717) is 29.4 Å². The van der Waals surface area contributed by atoms with Crippen LogP contribution in [0.5, 0.6) is 0 Å². The van der Waals surface area contributed by atoms with E-state index in [9.17, 15) is 9.59 Å². The number of rotatable bonds is 2. The molecule has 0 bridgehead atoms. The van der Waals surface area contributed by atoms with E-state index in [2.05, 4.69) is 9.97 Å². The number of benzene rings is 1. The quantitative estimate of drug-likeness (QED) is 0.556. The number of ether oxygens (including phenoxy) is 1. The molecule has 1 aliphatic heterocycles. The minimum absolute atomic E-state index is 0.0848. The third kappa shape index (κ3) is 2.82. The van der Waals surface area contributed by atoms with Gasteiger partial charge in [0.25, 0.3) is 5.91 Å². The Morgan fingerprint density at radius 3 is 2.85 bits per heavy atom. The topological polar surface area (TPSA) is 75.3 Å². The molecule has 4 rings (SSSR count). The maximum atomic E-state index is 12.8. The number of hydrogen-bond acceptors (Lipinski definition) is 4. The van der Waals surface area contributed by atoms with Gasteiger partial charge in [-0.3, -0.25) is 4.79 Å². The number of H-pyrrole nitrogens is 1. The monoisotopic (exact) mass is 369 g/mol. The summed E-state index contributed by atoms with van der Waals surface area (Å²) in [6, 6.07) is 8.65. The molecule has 132 valence electrons. The summed E-state index contributed by atoms with van der Waals surface area (Å²) in [6.45, 7) is 1.08. The smallest absolute Gasteiger partial charge is 0.337 e. The number of carbonyl (C=O) groups is 2. The first kappa shape index (κ1) is 16.6. The maximum absolute atomic E-state index is 12.8. The van der Waals surface area contributed by atoms with Gasteiger partial charge in [0.1, 0.15) is 5.15 Å². The summed E-state index contributed by atoms with van der Waals surface area (Å²) in [4.78, 5) is 33.7. The largest absolute Gasteiger partial charge is 0.465 e. The van der Waals surface area contributed by atoms with Gasteiger partial charge < -0.3 is 14.6 Å². The van der Waals surface area contributed by atoms with Crippen molar-refractivity contribution in [2.75, 3.05) is 13.7 Å². The van der Waals surface area contributed by atoms with Crippen molar-refractivity contribution >= 4 is 34.4 Å². The highest BCUT2D eigenvalue weighted by molar-refractivity contribution is 6.29. The van der Waals surface area contributed by atoms with Crippen molar-refractivity contribution in [3.8, 4) is 0 Å². The normalized spacial score (nSPS) is 13.5. The molecule has 1 amide bonds. The van der Waals surface area contributed by atoms with E-state index >= 15 is 0 Å². The van der Waals surface area contributed by atoms with Gasteiger partial charge in [-0.15, -0.1) is 0 Å². The van der Waals surface area contributed by atoms with Gasteiger partial charge in [-0.2, -0.15) is 0 Å². The molecule has 6 nitrogen and oxygen atoms in total. The number of esters is 1. The van der Waals surface area contributed by atoms with Crippen LogP contribution >= 0.6 is 11.6 Å². The van der Waals surface area contributed by atoms with Crippen LogP contribution in [0.15, 0.2) is 36.5 Å². The minimum atomic E-state index is -0.378. The van der Waals surface area contributed by atoms with Gasteiger partial charge in [-0.25, -0.2) is 9.78 Å². The number of aromatic nitrogens is 2. The predicted molar refractivity (Wildman–Crippen MR) is 97.3 cm³/mol. The van der Waals surface area contributed by atoms with Gasteiger partial charge in [0.2, 0.25) is 0 Å². The summed E-state index contributed by atoms with van der Waals surface area (Å²) in [7, 11) is 1.36. The Morgan fingerprint density at radius 1 is 1.23 bits per heavy atom. The number of nitrogens with one attached hydrogen (secondary N) is 1. The van der Waals surface area contributed by atoms with Crippen LogP contribution in [0, 0.1) is 0 Å². The second-order valence-electron chi connectivity index (χ2n) is 6.18. The summed E-state index contributed by atoms with van der Waals surface area (Å²) in [5.74, 6) is -0.463. The molecular formula is C19H16ClN3O3. The van der Waals surface area contributed by atoms with Crippen LogP contribution in [-0.4, -0.2) is 40.4 Å². The first-order valence-electron chi connectivity index (χ1n) is 8.19. The lowest BCUT2D eigenvalue weighted by Crippen LogP contribution is -2.35. The van der Waals surface area contributed by atoms with Crippen molar-refractivity contribution in [2.24, 2.45) is 0 Å². The molecule has 2 aromatic heterocycles. The fourth-order valence-corrected chi connectivity index (χ4v) is 3.52.